The molecule has 0 spiro atoms. The van der Waals surface area contributed by atoms with Crippen LogP contribution in [0.15, 0.2) is 27.4 Å². The zero-order chi connectivity index (χ0) is 16.8. The van der Waals surface area contributed by atoms with E-state index in [4.69, 9.17) is 13.9 Å². The summed E-state index contributed by atoms with van der Waals surface area (Å²) in [6.45, 7) is 3.61. The van der Waals surface area contributed by atoms with Gasteiger partial charge in [0, 0.05) is 12.7 Å². The van der Waals surface area contributed by atoms with Crippen molar-refractivity contribution in [2.24, 2.45) is 5.92 Å². The van der Waals surface area contributed by atoms with Crippen molar-refractivity contribution in [3.63, 3.8) is 0 Å². The normalized spacial score (nSPS) is 15.9. The van der Waals surface area contributed by atoms with Gasteiger partial charge in [-0.2, -0.15) is 0 Å². The maximum Gasteiger partial charge on any atom is 0.421 e. The van der Waals surface area contributed by atoms with Gasteiger partial charge in [0.1, 0.15) is 12.5 Å². The first kappa shape index (κ1) is 17.1. The van der Waals surface area contributed by atoms with Crippen molar-refractivity contribution in [1.82, 2.24) is 4.57 Å². The minimum atomic E-state index is -0.388. The molecule has 0 amide bonds. The van der Waals surface area contributed by atoms with Crippen LogP contribution >= 0.6 is 0 Å². The van der Waals surface area contributed by atoms with Crippen molar-refractivity contribution in [3.05, 3.63) is 28.7 Å². The second kappa shape index (κ2) is 8.38. The molecular formula is C19H27NO4. The molecule has 1 aromatic heterocycles. The Morgan fingerprint density at radius 2 is 2.04 bits per heavy atom. The SMILES string of the molecule is CCCOCn1c(=O)oc2cc(OCCC3CCCCC3)ccc21. The molecule has 1 aliphatic rings. The number of fused-ring (bicyclic) bond motifs is 1. The van der Waals surface area contributed by atoms with E-state index < -0.39 is 0 Å². The van der Waals surface area contributed by atoms with Gasteiger partial charge in [0.2, 0.25) is 0 Å². The summed E-state index contributed by atoms with van der Waals surface area (Å²) in [7, 11) is 0. The van der Waals surface area contributed by atoms with Crippen molar-refractivity contribution in [3.8, 4) is 5.75 Å². The summed E-state index contributed by atoms with van der Waals surface area (Å²) in [5, 5.41) is 0. The number of rotatable bonds is 8. The molecule has 2 aromatic rings. The fraction of sp³-hybridized carbons (Fsp3) is 0.632. The molecule has 132 valence electrons. The summed E-state index contributed by atoms with van der Waals surface area (Å²) in [4.78, 5) is 11.9. The Labute approximate surface area is 142 Å². The molecule has 1 aromatic carbocycles. The van der Waals surface area contributed by atoms with Gasteiger partial charge in [-0.1, -0.05) is 39.0 Å². The third-order valence-electron chi connectivity index (χ3n) is 4.73. The number of nitrogens with zero attached hydrogens (tertiary/aromatic N) is 1. The number of aromatic nitrogens is 1. The second-order valence-electron chi connectivity index (χ2n) is 6.60. The van der Waals surface area contributed by atoms with Crippen LogP contribution in [0.5, 0.6) is 5.75 Å². The van der Waals surface area contributed by atoms with Gasteiger partial charge in [-0.05, 0) is 30.9 Å². The zero-order valence-corrected chi connectivity index (χ0v) is 14.5. The van der Waals surface area contributed by atoms with Gasteiger partial charge in [0.25, 0.3) is 0 Å². The van der Waals surface area contributed by atoms with Crippen LogP contribution in [-0.4, -0.2) is 17.8 Å². The Morgan fingerprint density at radius 3 is 2.83 bits per heavy atom. The van der Waals surface area contributed by atoms with E-state index in [1.165, 1.54) is 36.7 Å². The fourth-order valence-electron chi connectivity index (χ4n) is 3.38. The number of hydrogen-bond donors (Lipinski definition) is 0. The first-order chi connectivity index (χ1) is 11.8. The minimum Gasteiger partial charge on any atom is -0.493 e. The highest BCUT2D eigenvalue weighted by atomic mass is 16.5. The van der Waals surface area contributed by atoms with Crippen LogP contribution in [0.2, 0.25) is 0 Å². The van der Waals surface area contributed by atoms with Crippen LogP contribution in [0, 0.1) is 5.92 Å². The van der Waals surface area contributed by atoms with Crippen molar-refractivity contribution < 1.29 is 13.9 Å². The number of benzene rings is 1. The van der Waals surface area contributed by atoms with Gasteiger partial charge in [0.15, 0.2) is 5.58 Å². The quantitative estimate of drug-likeness (QED) is 0.675. The Kier molecular flexibility index (Phi) is 5.96. The van der Waals surface area contributed by atoms with Crippen molar-refractivity contribution in [2.45, 2.75) is 58.6 Å². The lowest BCUT2D eigenvalue weighted by atomic mass is 9.87. The lowest BCUT2D eigenvalue weighted by Crippen LogP contribution is -2.16. The van der Waals surface area contributed by atoms with Gasteiger partial charge in [0.05, 0.1) is 12.1 Å². The minimum absolute atomic E-state index is 0.224. The van der Waals surface area contributed by atoms with Gasteiger partial charge in [-0.15, -0.1) is 0 Å². The van der Waals surface area contributed by atoms with Crippen LogP contribution < -0.4 is 10.5 Å². The Hall–Kier alpha value is -1.75. The standard InChI is InChI=1S/C19H27NO4/c1-2-11-22-14-20-17-9-8-16(13-18(17)24-19(20)21)23-12-10-15-6-4-3-5-7-15/h8-9,13,15H,2-7,10-12,14H2,1H3. The van der Waals surface area contributed by atoms with E-state index in [0.29, 0.717) is 12.2 Å². The third kappa shape index (κ3) is 4.20. The Balaban J connectivity index is 1.60. The van der Waals surface area contributed by atoms with Crippen LogP contribution in [0.1, 0.15) is 51.9 Å². The van der Waals surface area contributed by atoms with Crippen LogP contribution in [-0.2, 0) is 11.5 Å². The average molecular weight is 333 g/mol. The molecule has 0 radical (unpaired) electrons. The molecule has 5 nitrogen and oxygen atoms in total. The molecule has 1 saturated carbocycles. The highest BCUT2D eigenvalue weighted by Crippen LogP contribution is 2.27. The maximum absolute atomic E-state index is 11.9. The molecule has 1 aliphatic carbocycles. The fourth-order valence-corrected chi connectivity index (χ4v) is 3.38. The second-order valence-corrected chi connectivity index (χ2v) is 6.60. The van der Waals surface area contributed by atoms with Crippen LogP contribution in [0.25, 0.3) is 11.1 Å². The lowest BCUT2D eigenvalue weighted by Gasteiger charge is -2.21. The number of hydrogen-bond acceptors (Lipinski definition) is 4. The van der Waals surface area contributed by atoms with Crippen LogP contribution in [0.4, 0.5) is 0 Å². The molecule has 5 heteroatoms. The van der Waals surface area contributed by atoms with Crippen molar-refractivity contribution >= 4 is 11.1 Å². The van der Waals surface area contributed by atoms with Crippen LogP contribution in [0.3, 0.4) is 0 Å². The lowest BCUT2D eigenvalue weighted by molar-refractivity contribution is 0.0755. The average Bonchev–Trinajstić information content (AvgIpc) is 2.91. The van der Waals surface area contributed by atoms with Gasteiger partial charge < -0.3 is 13.9 Å². The molecule has 0 atom stereocenters. The molecule has 0 saturated heterocycles. The summed E-state index contributed by atoms with van der Waals surface area (Å²) < 4.78 is 18.1. The molecule has 0 aliphatic heterocycles. The predicted octanol–water partition coefficient (Wildman–Crippen LogP) is 4.33. The van der Waals surface area contributed by atoms with Gasteiger partial charge in [-0.3, -0.25) is 0 Å². The molecule has 0 bridgehead atoms. The summed E-state index contributed by atoms with van der Waals surface area (Å²) >= 11 is 0. The van der Waals surface area contributed by atoms with E-state index in [0.717, 1.165) is 36.6 Å². The summed E-state index contributed by atoms with van der Waals surface area (Å²) in [5.41, 5.74) is 1.30. The van der Waals surface area contributed by atoms with E-state index in [1.807, 2.05) is 19.1 Å². The first-order valence-corrected chi connectivity index (χ1v) is 9.12. The van der Waals surface area contributed by atoms with Crippen molar-refractivity contribution in [2.75, 3.05) is 13.2 Å². The summed E-state index contributed by atoms with van der Waals surface area (Å²) in [5.74, 6) is 1.17. The molecule has 1 heterocycles. The topological polar surface area (TPSA) is 53.6 Å². The largest absolute Gasteiger partial charge is 0.493 e. The van der Waals surface area contributed by atoms with Crippen molar-refractivity contribution in [1.29, 1.82) is 0 Å². The molecule has 3 rings (SSSR count). The molecular weight excluding hydrogens is 306 g/mol. The summed E-state index contributed by atoms with van der Waals surface area (Å²) in [6.07, 6.45) is 8.78. The number of ether oxygens (including phenoxy) is 2. The smallest absolute Gasteiger partial charge is 0.421 e. The predicted molar refractivity (Wildman–Crippen MR) is 93.4 cm³/mol. The Morgan fingerprint density at radius 1 is 1.21 bits per heavy atom. The highest BCUT2D eigenvalue weighted by Gasteiger charge is 2.14. The zero-order valence-electron chi connectivity index (χ0n) is 14.5. The maximum atomic E-state index is 11.9. The van der Waals surface area contributed by atoms with Gasteiger partial charge >= 0.3 is 5.76 Å². The third-order valence-corrected chi connectivity index (χ3v) is 4.73. The van der Waals surface area contributed by atoms with E-state index in [1.54, 1.807) is 6.07 Å². The molecule has 0 unspecified atom stereocenters. The van der Waals surface area contributed by atoms with E-state index >= 15 is 0 Å². The van der Waals surface area contributed by atoms with E-state index in [2.05, 4.69) is 0 Å². The number of oxazole rings is 1. The molecule has 24 heavy (non-hydrogen) atoms. The summed E-state index contributed by atoms with van der Waals surface area (Å²) in [6, 6.07) is 5.56. The molecule has 1 fully saturated rings. The molecule has 0 N–H and O–H groups in total. The van der Waals surface area contributed by atoms with Gasteiger partial charge in [-0.25, -0.2) is 9.36 Å². The highest BCUT2D eigenvalue weighted by molar-refractivity contribution is 5.74. The monoisotopic (exact) mass is 333 g/mol. The van der Waals surface area contributed by atoms with E-state index in [9.17, 15) is 4.79 Å². The van der Waals surface area contributed by atoms with E-state index in [-0.39, 0.29) is 12.5 Å². The first-order valence-electron chi connectivity index (χ1n) is 9.12. The Bertz CT molecular complexity index is 697.